The number of rotatable bonds is 5. The molecular weight excluding hydrogens is 384 g/mol. The Kier molecular flexibility index (Phi) is 4.94. The lowest BCUT2D eigenvalue weighted by Crippen LogP contribution is -2.24. The normalized spacial score (nSPS) is 11.1. The van der Waals surface area contributed by atoms with E-state index in [1.807, 2.05) is 79.0 Å². The number of amides is 1. The summed E-state index contributed by atoms with van der Waals surface area (Å²) in [5, 5.41) is 6.06. The summed E-state index contributed by atoms with van der Waals surface area (Å²) in [6.45, 7) is 0.935. The maximum atomic E-state index is 13.0. The first kappa shape index (κ1) is 19.0. The molecule has 5 rings (SSSR count). The Bertz CT molecular complexity index is 1390. The first-order valence-electron chi connectivity index (χ1n) is 10.3. The third kappa shape index (κ3) is 3.67. The summed E-state index contributed by atoms with van der Waals surface area (Å²) in [7, 11) is 0. The molecule has 0 fully saturated rings. The van der Waals surface area contributed by atoms with E-state index in [0.29, 0.717) is 18.8 Å². The van der Waals surface area contributed by atoms with Crippen LogP contribution in [0.25, 0.3) is 32.9 Å². The van der Waals surface area contributed by atoms with Gasteiger partial charge in [-0.3, -0.25) is 4.79 Å². The fraction of sp³-hybridized carbons (Fsp3) is 0.0769. The van der Waals surface area contributed by atoms with Crippen LogP contribution < -0.4 is 11.1 Å². The molecule has 2 aromatic heterocycles. The number of aromatic nitrogens is 2. The standard InChI is InChI=1S/C26H22N4O/c27-14-17-9-11-18(12-10-17)15-29-26(31)24-13-19-5-1-2-6-20(19)25(30-24)22-16-28-23-8-4-3-7-21(22)23/h1-13,16,28H,14-15,27H2,(H,29,31). The molecule has 1 amide bonds. The first-order valence-corrected chi connectivity index (χ1v) is 10.3. The van der Waals surface area contributed by atoms with Crippen molar-refractivity contribution < 1.29 is 4.79 Å². The van der Waals surface area contributed by atoms with Crippen LogP contribution in [0, 0.1) is 0 Å². The first-order chi connectivity index (χ1) is 15.2. The predicted octanol–water partition coefficient (Wildman–Crippen LogP) is 4.77. The van der Waals surface area contributed by atoms with Gasteiger partial charge in [0.15, 0.2) is 0 Å². The molecular formula is C26H22N4O. The summed E-state index contributed by atoms with van der Waals surface area (Å²) >= 11 is 0. The molecule has 0 spiro atoms. The number of fused-ring (bicyclic) bond motifs is 2. The summed E-state index contributed by atoms with van der Waals surface area (Å²) < 4.78 is 0. The lowest BCUT2D eigenvalue weighted by atomic mass is 10.0. The molecule has 0 aliphatic rings. The van der Waals surface area contributed by atoms with Gasteiger partial charge >= 0.3 is 0 Å². The molecule has 4 N–H and O–H groups in total. The molecule has 152 valence electrons. The number of benzene rings is 3. The van der Waals surface area contributed by atoms with Crippen molar-refractivity contribution in [3.05, 3.63) is 102 Å². The van der Waals surface area contributed by atoms with Gasteiger partial charge in [-0.25, -0.2) is 4.98 Å². The highest BCUT2D eigenvalue weighted by Crippen LogP contribution is 2.32. The zero-order chi connectivity index (χ0) is 21.2. The minimum absolute atomic E-state index is 0.199. The van der Waals surface area contributed by atoms with Gasteiger partial charge < -0.3 is 16.0 Å². The Labute approximate surface area is 179 Å². The van der Waals surface area contributed by atoms with E-state index in [4.69, 9.17) is 10.7 Å². The van der Waals surface area contributed by atoms with E-state index in [1.165, 1.54) is 0 Å². The van der Waals surface area contributed by atoms with Crippen molar-refractivity contribution in [2.45, 2.75) is 13.1 Å². The quantitative estimate of drug-likeness (QED) is 0.393. The van der Waals surface area contributed by atoms with E-state index in [2.05, 4.69) is 16.4 Å². The molecule has 5 aromatic rings. The second kappa shape index (κ2) is 8.05. The molecule has 3 aromatic carbocycles. The molecule has 5 heteroatoms. The van der Waals surface area contributed by atoms with Gasteiger partial charge in [-0.2, -0.15) is 0 Å². The van der Waals surface area contributed by atoms with Crippen LogP contribution in [-0.2, 0) is 13.1 Å². The summed E-state index contributed by atoms with van der Waals surface area (Å²) in [4.78, 5) is 21.1. The van der Waals surface area contributed by atoms with Crippen LogP contribution in [0.5, 0.6) is 0 Å². The second-order valence-electron chi connectivity index (χ2n) is 7.53. The number of pyridine rings is 1. The number of H-pyrrole nitrogens is 1. The number of para-hydroxylation sites is 1. The molecule has 0 radical (unpaired) electrons. The van der Waals surface area contributed by atoms with Crippen molar-refractivity contribution in [2.75, 3.05) is 0 Å². The lowest BCUT2D eigenvalue weighted by molar-refractivity contribution is 0.0946. The van der Waals surface area contributed by atoms with E-state index in [1.54, 1.807) is 0 Å². The maximum Gasteiger partial charge on any atom is 0.270 e. The van der Waals surface area contributed by atoms with Crippen LogP contribution in [0.3, 0.4) is 0 Å². The van der Waals surface area contributed by atoms with Gasteiger partial charge in [-0.1, -0.05) is 66.7 Å². The Morgan fingerprint density at radius 1 is 0.903 bits per heavy atom. The fourth-order valence-electron chi connectivity index (χ4n) is 3.85. The van der Waals surface area contributed by atoms with Gasteiger partial charge in [0.2, 0.25) is 0 Å². The monoisotopic (exact) mass is 406 g/mol. The zero-order valence-electron chi connectivity index (χ0n) is 16.9. The van der Waals surface area contributed by atoms with E-state index in [0.717, 1.165) is 44.1 Å². The minimum Gasteiger partial charge on any atom is -0.360 e. The second-order valence-corrected chi connectivity index (χ2v) is 7.53. The van der Waals surface area contributed by atoms with Crippen LogP contribution in [0.15, 0.2) is 85.1 Å². The molecule has 0 saturated heterocycles. The highest BCUT2D eigenvalue weighted by molar-refractivity contribution is 6.06. The van der Waals surface area contributed by atoms with Crippen molar-refractivity contribution in [1.29, 1.82) is 0 Å². The topological polar surface area (TPSA) is 83.8 Å². The number of nitrogens with zero attached hydrogens (tertiary/aromatic N) is 1. The molecule has 0 bridgehead atoms. The minimum atomic E-state index is -0.199. The lowest BCUT2D eigenvalue weighted by Gasteiger charge is -2.10. The number of hydrogen-bond donors (Lipinski definition) is 3. The van der Waals surface area contributed by atoms with Gasteiger partial charge in [0.1, 0.15) is 5.69 Å². The van der Waals surface area contributed by atoms with Crippen molar-refractivity contribution in [3.8, 4) is 11.3 Å². The summed E-state index contributed by atoms with van der Waals surface area (Å²) in [6, 6.07) is 25.9. The molecule has 0 unspecified atom stereocenters. The fourth-order valence-corrected chi connectivity index (χ4v) is 3.85. The van der Waals surface area contributed by atoms with Gasteiger partial charge in [0.05, 0.1) is 5.69 Å². The highest BCUT2D eigenvalue weighted by Gasteiger charge is 2.16. The Hall–Kier alpha value is -3.96. The summed E-state index contributed by atoms with van der Waals surface area (Å²) in [5.41, 5.74) is 11.0. The van der Waals surface area contributed by atoms with E-state index < -0.39 is 0 Å². The third-order valence-corrected chi connectivity index (χ3v) is 5.53. The maximum absolute atomic E-state index is 13.0. The predicted molar refractivity (Wildman–Crippen MR) is 125 cm³/mol. The smallest absolute Gasteiger partial charge is 0.270 e. The SMILES string of the molecule is NCc1ccc(CNC(=O)c2cc3ccccc3c(-c3c[nH]c4ccccc34)n2)cc1. The number of nitrogens with one attached hydrogen (secondary N) is 2. The number of nitrogens with two attached hydrogens (primary N) is 1. The average Bonchev–Trinajstić information content (AvgIpc) is 3.26. The van der Waals surface area contributed by atoms with Crippen LogP contribution in [0.2, 0.25) is 0 Å². The average molecular weight is 406 g/mol. The van der Waals surface area contributed by atoms with Gasteiger partial charge in [-0.15, -0.1) is 0 Å². The van der Waals surface area contributed by atoms with Crippen LogP contribution in [0.4, 0.5) is 0 Å². The Morgan fingerprint density at radius 2 is 1.61 bits per heavy atom. The van der Waals surface area contributed by atoms with E-state index in [-0.39, 0.29) is 5.91 Å². The molecule has 2 heterocycles. The largest absolute Gasteiger partial charge is 0.360 e. The third-order valence-electron chi connectivity index (χ3n) is 5.53. The van der Waals surface area contributed by atoms with Crippen molar-refractivity contribution in [1.82, 2.24) is 15.3 Å². The van der Waals surface area contributed by atoms with Crippen molar-refractivity contribution >= 4 is 27.6 Å². The summed E-state index contributed by atoms with van der Waals surface area (Å²) in [6.07, 6.45) is 1.96. The highest BCUT2D eigenvalue weighted by atomic mass is 16.1. The number of carbonyl (C=O) groups excluding carboxylic acids is 1. The molecule has 5 nitrogen and oxygen atoms in total. The molecule has 31 heavy (non-hydrogen) atoms. The van der Waals surface area contributed by atoms with E-state index in [9.17, 15) is 4.79 Å². The Morgan fingerprint density at radius 3 is 2.42 bits per heavy atom. The van der Waals surface area contributed by atoms with Gasteiger partial charge in [0, 0.05) is 41.1 Å². The van der Waals surface area contributed by atoms with Crippen molar-refractivity contribution in [2.24, 2.45) is 5.73 Å². The number of carbonyl (C=O) groups is 1. The molecule has 0 aliphatic heterocycles. The summed E-state index contributed by atoms with van der Waals surface area (Å²) in [5.74, 6) is -0.199. The van der Waals surface area contributed by atoms with E-state index >= 15 is 0 Å². The molecule has 0 saturated carbocycles. The zero-order valence-corrected chi connectivity index (χ0v) is 16.9. The van der Waals surface area contributed by atoms with Gasteiger partial charge in [0.25, 0.3) is 5.91 Å². The molecule has 0 aliphatic carbocycles. The molecule has 0 atom stereocenters. The van der Waals surface area contributed by atoms with Crippen LogP contribution in [0.1, 0.15) is 21.6 Å². The number of hydrogen-bond acceptors (Lipinski definition) is 3. The van der Waals surface area contributed by atoms with Crippen molar-refractivity contribution in [3.63, 3.8) is 0 Å². The van der Waals surface area contributed by atoms with Gasteiger partial charge in [-0.05, 0) is 28.6 Å². The Balaban J connectivity index is 1.51. The van der Waals surface area contributed by atoms with Crippen LogP contribution in [-0.4, -0.2) is 15.9 Å². The van der Waals surface area contributed by atoms with Crippen LogP contribution >= 0.6 is 0 Å². The number of aromatic amines is 1.